The number of rotatable bonds is 6. The Morgan fingerprint density at radius 3 is 2.44 bits per heavy atom. The Morgan fingerprint density at radius 2 is 1.81 bits per heavy atom. The van der Waals surface area contributed by atoms with E-state index in [0.29, 0.717) is 23.0 Å². The van der Waals surface area contributed by atoms with E-state index in [2.05, 4.69) is 26.2 Å². The molecule has 8 heteroatoms. The van der Waals surface area contributed by atoms with Crippen LogP contribution in [0.2, 0.25) is 5.02 Å². The molecular formula is C19H18BrClN2O3S. The Bertz CT molecular complexity index is 1050. The SMILES string of the molecule is CC(C)CNc1oc(-c2ccccc2Cl)nc1S(=O)(=O)c1ccc(Br)cc1. The molecule has 1 aromatic heterocycles. The van der Waals surface area contributed by atoms with Gasteiger partial charge in [-0.25, -0.2) is 8.42 Å². The van der Waals surface area contributed by atoms with Crippen molar-refractivity contribution in [1.82, 2.24) is 4.98 Å². The lowest BCUT2D eigenvalue weighted by atomic mass is 10.2. The van der Waals surface area contributed by atoms with Gasteiger partial charge in [0.1, 0.15) is 0 Å². The molecule has 0 fully saturated rings. The van der Waals surface area contributed by atoms with E-state index in [-0.39, 0.29) is 21.7 Å². The quantitative estimate of drug-likeness (QED) is 0.504. The minimum Gasteiger partial charge on any atom is -0.419 e. The largest absolute Gasteiger partial charge is 0.419 e. The lowest BCUT2D eigenvalue weighted by Gasteiger charge is -2.08. The van der Waals surface area contributed by atoms with Gasteiger partial charge in [0.25, 0.3) is 0 Å². The summed E-state index contributed by atoms with van der Waals surface area (Å²) in [5, 5.41) is 3.33. The van der Waals surface area contributed by atoms with Crippen molar-refractivity contribution in [2.75, 3.05) is 11.9 Å². The second kappa shape index (κ2) is 8.04. The highest BCUT2D eigenvalue weighted by molar-refractivity contribution is 9.10. The lowest BCUT2D eigenvalue weighted by Crippen LogP contribution is -2.11. The summed E-state index contributed by atoms with van der Waals surface area (Å²) in [6.07, 6.45) is 0. The molecule has 2 aromatic carbocycles. The van der Waals surface area contributed by atoms with Crippen molar-refractivity contribution in [3.05, 3.63) is 58.0 Å². The average molecular weight is 470 g/mol. The Balaban J connectivity index is 2.12. The highest BCUT2D eigenvalue weighted by Crippen LogP contribution is 2.35. The van der Waals surface area contributed by atoms with Crippen molar-refractivity contribution in [3.63, 3.8) is 0 Å². The van der Waals surface area contributed by atoms with Crippen LogP contribution in [0, 0.1) is 5.92 Å². The number of benzene rings is 2. The van der Waals surface area contributed by atoms with Crippen LogP contribution in [0.1, 0.15) is 13.8 Å². The smallest absolute Gasteiger partial charge is 0.233 e. The maximum Gasteiger partial charge on any atom is 0.233 e. The summed E-state index contributed by atoms with van der Waals surface area (Å²) in [5.41, 5.74) is 0.531. The molecule has 0 bridgehead atoms. The average Bonchev–Trinajstić information content (AvgIpc) is 3.05. The third kappa shape index (κ3) is 4.36. The molecule has 0 amide bonds. The number of anilines is 1. The molecule has 0 saturated carbocycles. The van der Waals surface area contributed by atoms with Gasteiger partial charge in [-0.15, -0.1) is 0 Å². The first kappa shape index (κ1) is 19.9. The van der Waals surface area contributed by atoms with E-state index < -0.39 is 9.84 Å². The van der Waals surface area contributed by atoms with Crippen molar-refractivity contribution in [1.29, 1.82) is 0 Å². The molecule has 0 aliphatic heterocycles. The predicted molar refractivity (Wildman–Crippen MR) is 110 cm³/mol. The molecule has 3 rings (SSSR count). The van der Waals surface area contributed by atoms with Gasteiger partial charge in [-0.2, -0.15) is 4.98 Å². The fourth-order valence-corrected chi connectivity index (χ4v) is 4.13. The summed E-state index contributed by atoms with van der Waals surface area (Å²) in [5.74, 6) is 0.561. The molecule has 3 aromatic rings. The Hall–Kier alpha value is -1.83. The summed E-state index contributed by atoms with van der Waals surface area (Å²) < 4.78 is 32.8. The first-order chi connectivity index (χ1) is 12.8. The van der Waals surface area contributed by atoms with E-state index in [9.17, 15) is 8.42 Å². The molecule has 142 valence electrons. The lowest BCUT2D eigenvalue weighted by molar-refractivity contribution is 0.567. The van der Waals surface area contributed by atoms with E-state index >= 15 is 0 Å². The number of oxazole rings is 1. The maximum atomic E-state index is 13.1. The Morgan fingerprint density at radius 1 is 1.15 bits per heavy atom. The summed E-state index contributed by atoms with van der Waals surface area (Å²) in [7, 11) is -3.87. The standard InChI is InChI=1S/C19H18BrClN2O3S/c1-12(2)11-22-18-19(27(24,25)14-9-7-13(20)8-10-14)23-17(26-18)15-5-3-4-6-16(15)21/h3-10,12,22H,11H2,1-2H3. The van der Waals surface area contributed by atoms with Crippen molar-refractivity contribution in [2.24, 2.45) is 5.92 Å². The number of nitrogens with zero attached hydrogens (tertiary/aromatic N) is 1. The van der Waals surface area contributed by atoms with Gasteiger partial charge in [-0.05, 0) is 42.3 Å². The zero-order valence-corrected chi connectivity index (χ0v) is 17.9. The molecule has 5 nitrogen and oxygen atoms in total. The second-order valence-electron chi connectivity index (χ2n) is 6.37. The first-order valence-electron chi connectivity index (χ1n) is 8.29. The molecule has 1 heterocycles. The van der Waals surface area contributed by atoms with Crippen LogP contribution in [0.25, 0.3) is 11.5 Å². The van der Waals surface area contributed by atoms with E-state index in [1.807, 2.05) is 13.8 Å². The molecular weight excluding hydrogens is 452 g/mol. The summed E-state index contributed by atoms with van der Waals surface area (Å²) in [6, 6.07) is 13.4. The molecule has 0 unspecified atom stereocenters. The number of sulfone groups is 1. The van der Waals surface area contributed by atoms with Crippen LogP contribution in [0.5, 0.6) is 0 Å². The summed E-state index contributed by atoms with van der Waals surface area (Å²) >= 11 is 9.53. The van der Waals surface area contributed by atoms with Gasteiger partial charge in [0.2, 0.25) is 26.6 Å². The van der Waals surface area contributed by atoms with Crippen molar-refractivity contribution in [2.45, 2.75) is 23.8 Å². The zero-order chi connectivity index (χ0) is 19.6. The topological polar surface area (TPSA) is 72.2 Å². The monoisotopic (exact) mass is 468 g/mol. The predicted octanol–water partition coefficient (Wildman–Crippen LogP) is 5.66. The van der Waals surface area contributed by atoms with Crippen LogP contribution >= 0.6 is 27.5 Å². The van der Waals surface area contributed by atoms with Gasteiger partial charge in [-0.3, -0.25) is 0 Å². The van der Waals surface area contributed by atoms with Gasteiger partial charge < -0.3 is 9.73 Å². The van der Waals surface area contributed by atoms with Crippen LogP contribution in [0.4, 0.5) is 5.88 Å². The molecule has 27 heavy (non-hydrogen) atoms. The van der Waals surface area contributed by atoms with Gasteiger partial charge >= 0.3 is 0 Å². The molecule has 1 N–H and O–H groups in total. The molecule has 0 spiro atoms. The summed E-state index contributed by atoms with van der Waals surface area (Å²) in [6.45, 7) is 4.57. The van der Waals surface area contributed by atoms with E-state index in [1.165, 1.54) is 12.1 Å². The highest BCUT2D eigenvalue weighted by atomic mass is 79.9. The number of aromatic nitrogens is 1. The third-order valence-electron chi connectivity index (χ3n) is 3.75. The van der Waals surface area contributed by atoms with Crippen LogP contribution in [-0.2, 0) is 9.84 Å². The van der Waals surface area contributed by atoms with Crippen LogP contribution in [0.3, 0.4) is 0 Å². The van der Waals surface area contributed by atoms with Gasteiger partial charge in [-0.1, -0.05) is 53.5 Å². The zero-order valence-electron chi connectivity index (χ0n) is 14.7. The number of nitrogens with one attached hydrogen (secondary N) is 1. The Kier molecular flexibility index (Phi) is 5.93. The van der Waals surface area contributed by atoms with Crippen LogP contribution in [0.15, 0.2) is 67.3 Å². The van der Waals surface area contributed by atoms with Gasteiger partial charge in [0.05, 0.1) is 15.5 Å². The van der Waals surface area contributed by atoms with Gasteiger partial charge in [0, 0.05) is 11.0 Å². The van der Waals surface area contributed by atoms with Gasteiger partial charge in [0.15, 0.2) is 0 Å². The highest BCUT2D eigenvalue weighted by Gasteiger charge is 2.29. The normalized spacial score (nSPS) is 11.7. The van der Waals surface area contributed by atoms with Crippen molar-refractivity contribution >= 4 is 43.3 Å². The van der Waals surface area contributed by atoms with Crippen molar-refractivity contribution < 1.29 is 12.8 Å². The molecule has 0 aliphatic rings. The van der Waals surface area contributed by atoms with E-state index in [1.54, 1.807) is 36.4 Å². The van der Waals surface area contributed by atoms with E-state index in [4.69, 9.17) is 16.0 Å². The summed E-state index contributed by atoms with van der Waals surface area (Å²) in [4.78, 5) is 4.41. The third-order valence-corrected chi connectivity index (χ3v) is 6.29. The minimum absolute atomic E-state index is 0.113. The molecule has 0 aliphatic carbocycles. The van der Waals surface area contributed by atoms with Crippen LogP contribution in [-0.4, -0.2) is 19.9 Å². The fourth-order valence-electron chi connectivity index (χ4n) is 2.37. The molecule has 0 atom stereocenters. The first-order valence-corrected chi connectivity index (χ1v) is 10.9. The number of hydrogen-bond acceptors (Lipinski definition) is 5. The maximum absolute atomic E-state index is 13.1. The van der Waals surface area contributed by atoms with Crippen LogP contribution < -0.4 is 5.32 Å². The fraction of sp³-hybridized carbons (Fsp3) is 0.211. The van der Waals surface area contributed by atoms with Crippen molar-refractivity contribution in [3.8, 4) is 11.5 Å². The Labute approximate surface area is 171 Å². The molecule has 0 radical (unpaired) electrons. The van der Waals surface area contributed by atoms with E-state index in [0.717, 1.165) is 4.47 Å². The number of hydrogen-bond donors (Lipinski definition) is 1. The molecule has 0 saturated heterocycles. The minimum atomic E-state index is -3.87. The number of halogens is 2. The second-order valence-corrected chi connectivity index (χ2v) is 9.55.